The molecule has 1 atom stereocenters. The van der Waals surface area contributed by atoms with Gasteiger partial charge in [-0.3, -0.25) is 0 Å². The van der Waals surface area contributed by atoms with Crippen molar-refractivity contribution in [1.29, 1.82) is 0 Å². The molecule has 0 bridgehead atoms. The fourth-order valence-corrected chi connectivity index (χ4v) is 1.75. The molecule has 0 saturated carbocycles. The van der Waals surface area contributed by atoms with Gasteiger partial charge in [0.1, 0.15) is 5.82 Å². The smallest absolute Gasteiger partial charge is 0.124 e. The molecule has 4 heteroatoms. The number of nitrogens with one attached hydrogen (secondary N) is 1. The van der Waals surface area contributed by atoms with Gasteiger partial charge in [0.15, 0.2) is 0 Å². The van der Waals surface area contributed by atoms with Crippen molar-refractivity contribution in [2.45, 2.75) is 32.4 Å². The molecular weight excluding hydrogens is 241 g/mol. The van der Waals surface area contributed by atoms with Gasteiger partial charge in [-0.15, -0.1) is 0 Å². The predicted octanol–water partition coefficient (Wildman–Crippen LogP) is 3.03. The lowest BCUT2D eigenvalue weighted by molar-refractivity contribution is 0.0628. The Balaban J connectivity index is 2.60. The Labute approximate surface area is 107 Å². The molecule has 0 amide bonds. The van der Waals surface area contributed by atoms with E-state index in [-0.39, 0.29) is 18.0 Å². The second-order valence-corrected chi connectivity index (χ2v) is 4.71. The van der Waals surface area contributed by atoms with Crippen molar-refractivity contribution in [2.75, 3.05) is 13.7 Å². The van der Waals surface area contributed by atoms with Crippen LogP contribution in [0.5, 0.6) is 0 Å². The van der Waals surface area contributed by atoms with E-state index in [9.17, 15) is 4.39 Å². The molecule has 0 aromatic heterocycles. The molecule has 1 aromatic rings. The van der Waals surface area contributed by atoms with Crippen molar-refractivity contribution < 1.29 is 9.13 Å². The van der Waals surface area contributed by atoms with Gasteiger partial charge in [0, 0.05) is 11.1 Å². The molecule has 0 spiro atoms. The van der Waals surface area contributed by atoms with E-state index in [1.807, 2.05) is 20.9 Å². The maximum Gasteiger partial charge on any atom is 0.124 e. The van der Waals surface area contributed by atoms with Crippen LogP contribution in [0.2, 0.25) is 5.02 Å². The van der Waals surface area contributed by atoms with E-state index in [2.05, 4.69) is 5.32 Å². The maximum atomic E-state index is 12.9. The summed E-state index contributed by atoms with van der Waals surface area (Å²) < 4.78 is 18.4. The number of hydrogen-bond acceptors (Lipinski definition) is 2. The van der Waals surface area contributed by atoms with Crippen molar-refractivity contribution in [3.05, 3.63) is 34.6 Å². The summed E-state index contributed by atoms with van der Waals surface area (Å²) in [6.07, 6.45) is 0.928. The minimum atomic E-state index is -0.307. The van der Waals surface area contributed by atoms with Gasteiger partial charge in [-0.05, 0) is 45.0 Å². The normalized spacial score (nSPS) is 13.1. The number of rotatable bonds is 6. The van der Waals surface area contributed by atoms with Crippen LogP contribution in [0.4, 0.5) is 4.39 Å². The van der Waals surface area contributed by atoms with Crippen molar-refractivity contribution >= 4 is 11.6 Å². The van der Waals surface area contributed by atoms with E-state index in [0.29, 0.717) is 11.6 Å². The fraction of sp³-hybridized carbons (Fsp3) is 0.538. The van der Waals surface area contributed by atoms with Crippen LogP contribution in [0.3, 0.4) is 0 Å². The fourth-order valence-electron chi connectivity index (χ4n) is 1.51. The van der Waals surface area contributed by atoms with Crippen molar-refractivity contribution in [1.82, 2.24) is 5.32 Å². The molecule has 17 heavy (non-hydrogen) atoms. The second kappa shape index (κ2) is 6.94. The molecule has 1 N–H and O–H groups in total. The first-order valence-electron chi connectivity index (χ1n) is 5.75. The van der Waals surface area contributed by atoms with E-state index in [0.717, 1.165) is 12.0 Å². The molecule has 2 nitrogen and oxygen atoms in total. The third-order valence-electron chi connectivity index (χ3n) is 2.52. The number of halogens is 2. The molecule has 1 unspecified atom stereocenters. The highest BCUT2D eigenvalue weighted by Gasteiger charge is 2.11. The van der Waals surface area contributed by atoms with E-state index < -0.39 is 0 Å². The lowest BCUT2D eigenvalue weighted by atomic mass is 10.1. The van der Waals surface area contributed by atoms with E-state index in [1.165, 1.54) is 12.1 Å². The SMILES string of the molecule is CNC(COC(C)C)Cc1ccc(F)cc1Cl. The Morgan fingerprint density at radius 1 is 1.41 bits per heavy atom. The van der Waals surface area contributed by atoms with E-state index in [4.69, 9.17) is 16.3 Å². The first-order valence-corrected chi connectivity index (χ1v) is 6.13. The van der Waals surface area contributed by atoms with Gasteiger partial charge in [-0.2, -0.15) is 0 Å². The Morgan fingerprint density at radius 2 is 2.12 bits per heavy atom. The summed E-state index contributed by atoms with van der Waals surface area (Å²) in [7, 11) is 1.88. The first-order chi connectivity index (χ1) is 8.02. The Bertz CT molecular complexity index is 357. The van der Waals surface area contributed by atoms with Gasteiger partial charge in [-0.25, -0.2) is 4.39 Å². The average molecular weight is 260 g/mol. The molecule has 0 aliphatic carbocycles. The van der Waals surface area contributed by atoms with E-state index >= 15 is 0 Å². The zero-order valence-electron chi connectivity index (χ0n) is 10.5. The summed E-state index contributed by atoms with van der Waals surface area (Å²) in [6.45, 7) is 4.61. The Hall–Kier alpha value is -0.640. The van der Waals surface area contributed by atoms with E-state index in [1.54, 1.807) is 6.07 Å². The number of ether oxygens (including phenoxy) is 1. The number of likely N-dealkylation sites (N-methyl/N-ethyl adjacent to an activating group) is 1. The maximum absolute atomic E-state index is 12.9. The molecule has 1 aromatic carbocycles. The number of hydrogen-bond donors (Lipinski definition) is 1. The summed E-state index contributed by atoms with van der Waals surface area (Å²) in [5, 5.41) is 3.64. The molecule has 0 heterocycles. The molecule has 0 radical (unpaired) electrons. The standard InChI is InChI=1S/C13H19ClFNO/c1-9(2)17-8-12(16-3)6-10-4-5-11(15)7-13(10)14/h4-5,7,9,12,16H,6,8H2,1-3H3. The topological polar surface area (TPSA) is 21.3 Å². The molecular formula is C13H19ClFNO. The van der Waals surface area contributed by atoms with Crippen LogP contribution in [0.25, 0.3) is 0 Å². The highest BCUT2D eigenvalue weighted by Crippen LogP contribution is 2.18. The molecule has 0 fully saturated rings. The van der Waals surface area contributed by atoms with Crippen LogP contribution in [-0.4, -0.2) is 25.8 Å². The van der Waals surface area contributed by atoms with Crippen LogP contribution in [0.15, 0.2) is 18.2 Å². The molecule has 1 rings (SSSR count). The highest BCUT2D eigenvalue weighted by molar-refractivity contribution is 6.31. The Kier molecular flexibility index (Phi) is 5.89. The molecule has 96 valence electrons. The van der Waals surface area contributed by atoms with Gasteiger partial charge < -0.3 is 10.1 Å². The highest BCUT2D eigenvalue weighted by atomic mass is 35.5. The summed E-state index contributed by atoms with van der Waals surface area (Å²) in [4.78, 5) is 0. The predicted molar refractivity (Wildman–Crippen MR) is 69.0 cm³/mol. The summed E-state index contributed by atoms with van der Waals surface area (Å²) >= 11 is 5.98. The van der Waals surface area contributed by atoms with Gasteiger partial charge >= 0.3 is 0 Å². The lowest BCUT2D eigenvalue weighted by Crippen LogP contribution is -2.33. The average Bonchev–Trinajstić information content (AvgIpc) is 2.26. The van der Waals surface area contributed by atoms with Gasteiger partial charge in [0.25, 0.3) is 0 Å². The zero-order valence-corrected chi connectivity index (χ0v) is 11.2. The van der Waals surface area contributed by atoms with Crippen LogP contribution in [0.1, 0.15) is 19.4 Å². The molecule has 0 saturated heterocycles. The van der Waals surface area contributed by atoms with Crippen molar-refractivity contribution in [3.8, 4) is 0 Å². The summed E-state index contributed by atoms with van der Waals surface area (Å²) in [5.74, 6) is -0.307. The molecule has 0 aliphatic heterocycles. The van der Waals surface area contributed by atoms with Gasteiger partial charge in [0.2, 0.25) is 0 Å². The van der Waals surface area contributed by atoms with Crippen LogP contribution >= 0.6 is 11.6 Å². The minimum Gasteiger partial charge on any atom is -0.377 e. The van der Waals surface area contributed by atoms with Crippen molar-refractivity contribution in [2.24, 2.45) is 0 Å². The largest absolute Gasteiger partial charge is 0.377 e. The summed E-state index contributed by atoms with van der Waals surface area (Å²) in [5.41, 5.74) is 0.930. The Morgan fingerprint density at radius 3 is 2.65 bits per heavy atom. The van der Waals surface area contributed by atoms with Gasteiger partial charge in [-0.1, -0.05) is 17.7 Å². The lowest BCUT2D eigenvalue weighted by Gasteiger charge is -2.18. The van der Waals surface area contributed by atoms with Crippen LogP contribution < -0.4 is 5.32 Å². The number of benzene rings is 1. The first kappa shape index (κ1) is 14.4. The monoisotopic (exact) mass is 259 g/mol. The minimum absolute atomic E-state index is 0.181. The third-order valence-corrected chi connectivity index (χ3v) is 2.87. The van der Waals surface area contributed by atoms with Crippen molar-refractivity contribution in [3.63, 3.8) is 0 Å². The second-order valence-electron chi connectivity index (χ2n) is 4.31. The van der Waals surface area contributed by atoms with Gasteiger partial charge in [0.05, 0.1) is 12.7 Å². The quantitative estimate of drug-likeness (QED) is 0.848. The molecule has 0 aliphatic rings. The van der Waals surface area contributed by atoms with Crippen LogP contribution in [-0.2, 0) is 11.2 Å². The zero-order chi connectivity index (χ0) is 12.8. The third kappa shape index (κ3) is 5.02. The van der Waals surface area contributed by atoms with Crippen LogP contribution in [0, 0.1) is 5.82 Å². The summed E-state index contributed by atoms with van der Waals surface area (Å²) in [6, 6.07) is 4.67.